The average Bonchev–Trinajstić information content (AvgIpc) is 2.65. The highest BCUT2D eigenvalue weighted by Crippen LogP contribution is 2.22. The smallest absolute Gasteiger partial charge is 0.252 e. The summed E-state index contributed by atoms with van der Waals surface area (Å²) in [6, 6.07) is 9.34. The topological polar surface area (TPSA) is 77.2 Å². The van der Waals surface area contributed by atoms with Crippen molar-refractivity contribution in [1.82, 2.24) is 10.3 Å². The van der Waals surface area contributed by atoms with Gasteiger partial charge in [0, 0.05) is 23.5 Å². The van der Waals surface area contributed by atoms with Gasteiger partial charge < -0.3 is 15.8 Å². The molecule has 0 aliphatic heterocycles. The number of rotatable bonds is 9. The van der Waals surface area contributed by atoms with Gasteiger partial charge in [0.2, 0.25) is 5.88 Å². The molecule has 0 saturated carbocycles. The summed E-state index contributed by atoms with van der Waals surface area (Å²) in [7, 11) is 0. The second kappa shape index (κ2) is 8.81. The first kappa shape index (κ1) is 19.2. The van der Waals surface area contributed by atoms with Crippen LogP contribution in [0.4, 0.5) is 0 Å². The number of carbonyl (C=O) groups is 1. The molecule has 0 aliphatic rings. The van der Waals surface area contributed by atoms with E-state index in [-0.39, 0.29) is 11.4 Å². The predicted molar refractivity (Wildman–Crippen MR) is 102 cm³/mol. The van der Waals surface area contributed by atoms with Crippen molar-refractivity contribution in [1.29, 1.82) is 0 Å². The van der Waals surface area contributed by atoms with Crippen LogP contribution < -0.4 is 15.8 Å². The molecule has 5 nitrogen and oxygen atoms in total. The van der Waals surface area contributed by atoms with Crippen LogP contribution in [-0.2, 0) is 0 Å². The van der Waals surface area contributed by atoms with Gasteiger partial charge in [0.05, 0.1) is 17.7 Å². The molecule has 1 aromatic carbocycles. The number of nitrogens with one attached hydrogen (secondary N) is 1. The summed E-state index contributed by atoms with van der Waals surface area (Å²) < 4.78 is 5.72. The molecule has 3 N–H and O–H groups in total. The summed E-state index contributed by atoms with van der Waals surface area (Å²) in [4.78, 5) is 17.3. The lowest BCUT2D eigenvalue weighted by Crippen LogP contribution is -2.49. The lowest BCUT2D eigenvalue weighted by Gasteiger charge is -2.26. The third-order valence-corrected chi connectivity index (χ3v) is 4.69. The number of nitrogens with zero attached hydrogens (tertiary/aromatic N) is 1. The normalized spacial score (nSPS) is 11.5. The van der Waals surface area contributed by atoms with Gasteiger partial charge in [-0.25, -0.2) is 4.98 Å². The fraction of sp³-hybridized carbons (Fsp3) is 0.500. The van der Waals surface area contributed by atoms with Crippen molar-refractivity contribution in [3.63, 3.8) is 0 Å². The van der Waals surface area contributed by atoms with E-state index in [2.05, 4.69) is 17.2 Å². The van der Waals surface area contributed by atoms with Gasteiger partial charge in [-0.2, -0.15) is 0 Å². The minimum Gasteiger partial charge on any atom is -0.478 e. The molecule has 1 heterocycles. The molecule has 25 heavy (non-hydrogen) atoms. The number of carbonyl (C=O) groups excluding carboxylic acids is 1. The number of aromatic nitrogens is 1. The maximum absolute atomic E-state index is 12.8. The van der Waals surface area contributed by atoms with E-state index in [1.54, 1.807) is 6.07 Å². The van der Waals surface area contributed by atoms with Crippen LogP contribution in [0.25, 0.3) is 10.9 Å². The van der Waals surface area contributed by atoms with Crippen LogP contribution in [0.1, 0.15) is 56.8 Å². The first-order valence-electron chi connectivity index (χ1n) is 9.12. The monoisotopic (exact) mass is 343 g/mol. The molecule has 0 spiro atoms. The largest absolute Gasteiger partial charge is 0.478 e. The molecule has 136 valence electrons. The van der Waals surface area contributed by atoms with E-state index in [9.17, 15) is 4.79 Å². The Kier molecular flexibility index (Phi) is 6.76. The minimum absolute atomic E-state index is 0.143. The number of unbranched alkanes of at least 4 members (excludes halogenated alkanes) is 1. The number of hydrogen-bond acceptors (Lipinski definition) is 4. The second-order valence-corrected chi connectivity index (χ2v) is 6.48. The SMILES string of the molecule is CCCCOc1cc(C(=O)NCC(N)(CC)CC)c2ccccc2n1. The molecule has 0 aliphatic carbocycles. The molecular weight excluding hydrogens is 314 g/mol. The molecule has 0 radical (unpaired) electrons. The van der Waals surface area contributed by atoms with Crippen LogP contribution in [-0.4, -0.2) is 29.6 Å². The lowest BCUT2D eigenvalue weighted by atomic mass is 9.94. The number of nitrogens with two attached hydrogens (primary N) is 1. The second-order valence-electron chi connectivity index (χ2n) is 6.48. The van der Waals surface area contributed by atoms with Crippen molar-refractivity contribution < 1.29 is 9.53 Å². The highest BCUT2D eigenvalue weighted by atomic mass is 16.5. The highest BCUT2D eigenvalue weighted by Gasteiger charge is 2.22. The van der Waals surface area contributed by atoms with Gasteiger partial charge in [-0.3, -0.25) is 4.79 Å². The summed E-state index contributed by atoms with van der Waals surface area (Å²) in [5.74, 6) is 0.345. The van der Waals surface area contributed by atoms with E-state index in [0.29, 0.717) is 24.6 Å². The molecule has 0 saturated heterocycles. The van der Waals surface area contributed by atoms with Crippen molar-refractivity contribution in [2.45, 2.75) is 52.0 Å². The third-order valence-electron chi connectivity index (χ3n) is 4.69. The van der Waals surface area contributed by atoms with Gasteiger partial charge >= 0.3 is 0 Å². The Morgan fingerprint density at radius 2 is 1.96 bits per heavy atom. The van der Waals surface area contributed by atoms with Gasteiger partial charge in [0.1, 0.15) is 0 Å². The van der Waals surface area contributed by atoms with Crippen molar-refractivity contribution in [3.05, 3.63) is 35.9 Å². The average molecular weight is 343 g/mol. The quantitative estimate of drug-likeness (QED) is 0.681. The van der Waals surface area contributed by atoms with E-state index in [1.165, 1.54) is 0 Å². The Morgan fingerprint density at radius 3 is 2.64 bits per heavy atom. The lowest BCUT2D eigenvalue weighted by molar-refractivity contribution is 0.0943. The van der Waals surface area contributed by atoms with Gasteiger partial charge in [-0.15, -0.1) is 0 Å². The molecule has 5 heteroatoms. The first-order valence-corrected chi connectivity index (χ1v) is 9.12. The van der Waals surface area contributed by atoms with Gasteiger partial charge in [0.25, 0.3) is 5.91 Å². The Bertz CT molecular complexity index is 711. The zero-order valence-corrected chi connectivity index (χ0v) is 15.5. The molecule has 2 aromatic rings. The van der Waals surface area contributed by atoms with Crippen molar-refractivity contribution in [2.75, 3.05) is 13.2 Å². The molecule has 0 atom stereocenters. The molecule has 2 rings (SSSR count). The van der Waals surface area contributed by atoms with Crippen LogP contribution >= 0.6 is 0 Å². The Labute approximate surface area is 150 Å². The van der Waals surface area contributed by atoms with E-state index < -0.39 is 0 Å². The van der Waals surface area contributed by atoms with E-state index >= 15 is 0 Å². The zero-order valence-electron chi connectivity index (χ0n) is 15.5. The Balaban J connectivity index is 2.26. The highest BCUT2D eigenvalue weighted by molar-refractivity contribution is 6.06. The first-order chi connectivity index (χ1) is 12.0. The zero-order chi connectivity index (χ0) is 18.3. The number of ether oxygens (including phenoxy) is 1. The molecule has 0 fully saturated rings. The van der Waals surface area contributed by atoms with Gasteiger partial charge in [-0.1, -0.05) is 45.4 Å². The van der Waals surface area contributed by atoms with Crippen LogP contribution in [0.3, 0.4) is 0 Å². The summed E-state index contributed by atoms with van der Waals surface area (Å²) in [6.07, 6.45) is 3.63. The van der Waals surface area contributed by atoms with Crippen molar-refractivity contribution in [3.8, 4) is 5.88 Å². The number of benzene rings is 1. The van der Waals surface area contributed by atoms with Gasteiger partial charge in [-0.05, 0) is 25.3 Å². The summed E-state index contributed by atoms with van der Waals surface area (Å²) in [6.45, 7) is 7.23. The van der Waals surface area contributed by atoms with E-state index in [4.69, 9.17) is 10.5 Å². The number of pyridine rings is 1. The number of hydrogen-bond donors (Lipinski definition) is 2. The van der Waals surface area contributed by atoms with Crippen LogP contribution in [0, 0.1) is 0 Å². The number of para-hydroxylation sites is 1. The maximum atomic E-state index is 12.8. The maximum Gasteiger partial charge on any atom is 0.252 e. The van der Waals surface area contributed by atoms with E-state index in [0.717, 1.165) is 36.6 Å². The third kappa shape index (κ3) is 4.92. The standard InChI is InChI=1S/C20H29N3O2/c1-4-7-12-25-18-13-16(15-10-8-9-11-17(15)23-18)19(24)22-14-20(21,5-2)6-3/h8-11,13H,4-7,12,14,21H2,1-3H3,(H,22,24). The number of amides is 1. The molecule has 1 amide bonds. The fourth-order valence-electron chi connectivity index (χ4n) is 2.59. The Morgan fingerprint density at radius 1 is 1.24 bits per heavy atom. The van der Waals surface area contributed by atoms with Crippen LogP contribution in [0.15, 0.2) is 30.3 Å². The van der Waals surface area contributed by atoms with E-state index in [1.807, 2.05) is 38.1 Å². The van der Waals surface area contributed by atoms with Crippen molar-refractivity contribution in [2.24, 2.45) is 5.73 Å². The fourth-order valence-corrected chi connectivity index (χ4v) is 2.59. The molecule has 0 bridgehead atoms. The summed E-state index contributed by atoms with van der Waals surface area (Å²) >= 11 is 0. The van der Waals surface area contributed by atoms with Crippen LogP contribution in [0.2, 0.25) is 0 Å². The molecule has 1 aromatic heterocycles. The van der Waals surface area contributed by atoms with Gasteiger partial charge in [0.15, 0.2) is 0 Å². The van der Waals surface area contributed by atoms with Crippen molar-refractivity contribution >= 4 is 16.8 Å². The summed E-state index contributed by atoms with van der Waals surface area (Å²) in [5, 5.41) is 3.80. The minimum atomic E-state index is -0.376. The predicted octanol–water partition coefficient (Wildman–Crippen LogP) is 3.66. The van der Waals surface area contributed by atoms with Crippen LogP contribution in [0.5, 0.6) is 5.88 Å². The molecular formula is C20H29N3O2. The molecule has 0 unspecified atom stereocenters. The summed E-state index contributed by atoms with van der Waals surface area (Å²) in [5.41, 5.74) is 7.25. The Hall–Kier alpha value is -2.14. The number of fused-ring (bicyclic) bond motifs is 1.